The molecule has 0 fully saturated rings. The van der Waals surface area contributed by atoms with Crippen LogP contribution in [0.2, 0.25) is 0 Å². The molecule has 1 aromatic rings. The number of aliphatic hydroxyl groups is 1. The van der Waals surface area contributed by atoms with E-state index in [2.05, 4.69) is 0 Å². The van der Waals surface area contributed by atoms with Crippen LogP contribution in [0.25, 0.3) is 0 Å². The van der Waals surface area contributed by atoms with Crippen LogP contribution >= 0.6 is 0 Å². The van der Waals surface area contributed by atoms with E-state index in [0.717, 1.165) is 0 Å². The smallest absolute Gasteiger partial charge is 0.168 e. The lowest BCUT2D eigenvalue weighted by molar-refractivity contribution is 0.263. The van der Waals surface area contributed by atoms with Crippen LogP contribution in [0.4, 0.5) is 4.39 Å². The number of ether oxygens (including phenoxy) is 1. The molecule has 0 radical (unpaired) electrons. The quantitative estimate of drug-likeness (QED) is 0.767. The van der Waals surface area contributed by atoms with Crippen LogP contribution in [0.5, 0.6) is 5.75 Å². The summed E-state index contributed by atoms with van der Waals surface area (Å²) in [4.78, 5) is 0. The summed E-state index contributed by atoms with van der Waals surface area (Å²) in [6, 6.07) is 2.67. The topological polar surface area (TPSA) is 55.5 Å². The van der Waals surface area contributed by atoms with E-state index in [1.165, 1.54) is 7.11 Å². The summed E-state index contributed by atoms with van der Waals surface area (Å²) in [7, 11) is 1.38. The van der Waals surface area contributed by atoms with Gasteiger partial charge in [0.25, 0.3) is 0 Å². The highest BCUT2D eigenvalue weighted by Gasteiger charge is 2.16. The average molecular weight is 199 g/mol. The zero-order valence-corrected chi connectivity index (χ0v) is 8.25. The van der Waals surface area contributed by atoms with Crippen molar-refractivity contribution >= 4 is 0 Å². The molecule has 14 heavy (non-hydrogen) atoms. The molecule has 0 aliphatic carbocycles. The molecule has 0 bridgehead atoms. The lowest BCUT2D eigenvalue weighted by Crippen LogP contribution is -2.16. The molecule has 0 aliphatic heterocycles. The van der Waals surface area contributed by atoms with Gasteiger partial charge in [-0.15, -0.1) is 0 Å². The number of aryl methyl sites for hydroxylation is 1. The van der Waals surface area contributed by atoms with Gasteiger partial charge in [0.05, 0.1) is 19.8 Å². The number of nitrogens with two attached hydrogens (primary N) is 1. The van der Waals surface area contributed by atoms with E-state index in [9.17, 15) is 4.39 Å². The number of benzene rings is 1. The van der Waals surface area contributed by atoms with Gasteiger partial charge in [-0.1, -0.05) is 12.1 Å². The van der Waals surface area contributed by atoms with Crippen molar-refractivity contribution in [2.45, 2.75) is 13.0 Å². The Morgan fingerprint density at radius 2 is 2.21 bits per heavy atom. The van der Waals surface area contributed by atoms with Crippen LogP contribution < -0.4 is 10.5 Å². The van der Waals surface area contributed by atoms with Gasteiger partial charge in [-0.25, -0.2) is 4.39 Å². The molecule has 3 N–H and O–H groups in total. The lowest BCUT2D eigenvalue weighted by Gasteiger charge is -2.14. The zero-order valence-electron chi connectivity index (χ0n) is 8.25. The fourth-order valence-corrected chi connectivity index (χ4v) is 1.27. The molecule has 0 saturated heterocycles. The van der Waals surface area contributed by atoms with Gasteiger partial charge in [0.1, 0.15) is 0 Å². The van der Waals surface area contributed by atoms with Gasteiger partial charge < -0.3 is 15.6 Å². The minimum Gasteiger partial charge on any atom is -0.493 e. The van der Waals surface area contributed by atoms with Gasteiger partial charge in [-0.2, -0.15) is 0 Å². The number of aliphatic hydroxyl groups excluding tert-OH is 1. The highest BCUT2D eigenvalue weighted by molar-refractivity contribution is 5.40. The maximum atomic E-state index is 13.5. The van der Waals surface area contributed by atoms with E-state index in [1.54, 1.807) is 19.1 Å². The van der Waals surface area contributed by atoms with Crippen molar-refractivity contribution in [3.63, 3.8) is 0 Å². The normalized spacial score (nSPS) is 12.6. The van der Waals surface area contributed by atoms with Gasteiger partial charge >= 0.3 is 0 Å². The second kappa shape index (κ2) is 4.39. The van der Waals surface area contributed by atoms with Crippen LogP contribution in [0.1, 0.15) is 17.2 Å². The fourth-order valence-electron chi connectivity index (χ4n) is 1.27. The molecule has 0 aromatic heterocycles. The maximum absolute atomic E-state index is 13.5. The third kappa shape index (κ3) is 1.86. The Morgan fingerprint density at radius 1 is 1.57 bits per heavy atom. The summed E-state index contributed by atoms with van der Waals surface area (Å²) in [5.74, 6) is -0.305. The summed E-state index contributed by atoms with van der Waals surface area (Å²) in [5, 5.41) is 8.87. The van der Waals surface area contributed by atoms with Crippen molar-refractivity contribution < 1.29 is 14.2 Å². The number of halogens is 1. The Morgan fingerprint density at radius 3 is 2.71 bits per heavy atom. The molecule has 0 heterocycles. The molecule has 0 aliphatic rings. The monoisotopic (exact) mass is 199 g/mol. The SMILES string of the molecule is COc1c(C(N)CO)ccc(C)c1F. The van der Waals surface area contributed by atoms with Gasteiger partial charge in [-0.3, -0.25) is 0 Å². The Kier molecular flexibility index (Phi) is 3.43. The van der Waals surface area contributed by atoms with E-state index < -0.39 is 11.9 Å². The first kappa shape index (κ1) is 10.9. The van der Waals surface area contributed by atoms with Crippen LogP contribution in [0.15, 0.2) is 12.1 Å². The molecule has 78 valence electrons. The highest BCUT2D eigenvalue weighted by atomic mass is 19.1. The second-order valence-electron chi connectivity index (χ2n) is 3.11. The minimum atomic E-state index is -0.611. The number of methoxy groups -OCH3 is 1. The van der Waals surface area contributed by atoms with Crippen LogP contribution in [-0.2, 0) is 0 Å². The van der Waals surface area contributed by atoms with Crippen molar-refractivity contribution in [2.75, 3.05) is 13.7 Å². The molecule has 0 amide bonds. The predicted molar refractivity (Wildman–Crippen MR) is 51.7 cm³/mol. The van der Waals surface area contributed by atoms with Crippen molar-refractivity contribution in [1.82, 2.24) is 0 Å². The van der Waals surface area contributed by atoms with Crippen LogP contribution in [-0.4, -0.2) is 18.8 Å². The van der Waals surface area contributed by atoms with Gasteiger partial charge in [0.2, 0.25) is 0 Å². The number of rotatable bonds is 3. The Labute approximate surface area is 82.3 Å². The fraction of sp³-hybridized carbons (Fsp3) is 0.400. The van der Waals surface area contributed by atoms with Gasteiger partial charge in [0, 0.05) is 5.56 Å². The number of hydrogen-bond donors (Lipinski definition) is 2. The van der Waals surface area contributed by atoms with E-state index in [4.69, 9.17) is 15.6 Å². The molecule has 4 heteroatoms. The molecular weight excluding hydrogens is 185 g/mol. The summed E-state index contributed by atoms with van der Waals surface area (Å²) in [6.07, 6.45) is 0. The molecular formula is C10H14FNO2. The van der Waals surface area contributed by atoms with E-state index in [1.807, 2.05) is 0 Å². The summed E-state index contributed by atoms with van der Waals surface area (Å²) >= 11 is 0. The van der Waals surface area contributed by atoms with Crippen LogP contribution in [0, 0.1) is 12.7 Å². The van der Waals surface area contributed by atoms with Crippen molar-refractivity contribution in [3.05, 3.63) is 29.1 Å². The molecule has 0 spiro atoms. The van der Waals surface area contributed by atoms with E-state index in [0.29, 0.717) is 11.1 Å². The summed E-state index contributed by atoms with van der Waals surface area (Å²) in [5.41, 5.74) is 6.57. The summed E-state index contributed by atoms with van der Waals surface area (Å²) < 4.78 is 18.4. The molecule has 1 rings (SSSR count). The molecule has 3 nitrogen and oxygen atoms in total. The predicted octanol–water partition coefficient (Wildman–Crippen LogP) is 1.13. The Hall–Kier alpha value is -1.13. The Bertz CT molecular complexity index is 328. The van der Waals surface area contributed by atoms with Gasteiger partial charge in [-0.05, 0) is 12.5 Å². The highest BCUT2D eigenvalue weighted by Crippen LogP contribution is 2.28. The first-order valence-corrected chi connectivity index (χ1v) is 4.31. The van der Waals surface area contributed by atoms with Gasteiger partial charge in [0.15, 0.2) is 11.6 Å². The standard InChI is InChI=1S/C10H14FNO2/c1-6-3-4-7(8(12)5-13)10(14-2)9(6)11/h3-4,8,13H,5,12H2,1-2H3. The van der Waals surface area contributed by atoms with E-state index >= 15 is 0 Å². The Balaban J connectivity index is 3.23. The third-order valence-electron chi connectivity index (χ3n) is 2.12. The van der Waals surface area contributed by atoms with Crippen molar-refractivity contribution in [3.8, 4) is 5.75 Å². The lowest BCUT2D eigenvalue weighted by atomic mass is 10.0. The molecule has 1 unspecified atom stereocenters. The average Bonchev–Trinajstić information content (AvgIpc) is 2.20. The summed E-state index contributed by atoms with van der Waals surface area (Å²) in [6.45, 7) is 1.41. The minimum absolute atomic E-state index is 0.117. The van der Waals surface area contributed by atoms with E-state index in [-0.39, 0.29) is 12.4 Å². The third-order valence-corrected chi connectivity index (χ3v) is 2.12. The molecule has 1 aromatic carbocycles. The van der Waals surface area contributed by atoms with Crippen molar-refractivity contribution in [1.29, 1.82) is 0 Å². The second-order valence-corrected chi connectivity index (χ2v) is 3.11. The first-order valence-electron chi connectivity index (χ1n) is 4.31. The molecule has 0 saturated carbocycles. The largest absolute Gasteiger partial charge is 0.493 e. The first-order chi connectivity index (χ1) is 6.61. The molecule has 1 atom stereocenters. The number of hydrogen-bond acceptors (Lipinski definition) is 3. The van der Waals surface area contributed by atoms with Crippen molar-refractivity contribution in [2.24, 2.45) is 5.73 Å². The maximum Gasteiger partial charge on any atom is 0.168 e. The zero-order chi connectivity index (χ0) is 10.7. The van der Waals surface area contributed by atoms with Crippen LogP contribution in [0.3, 0.4) is 0 Å².